The number of amides is 1. The summed E-state index contributed by atoms with van der Waals surface area (Å²) in [5.74, 6) is 0.817. The number of rotatable bonds is 10. The lowest BCUT2D eigenvalue weighted by atomic mass is 10.2. The first-order chi connectivity index (χ1) is 17.9. The molecule has 1 saturated heterocycles. The van der Waals surface area contributed by atoms with Gasteiger partial charge in [-0.05, 0) is 54.1 Å². The van der Waals surface area contributed by atoms with Crippen molar-refractivity contribution in [2.45, 2.75) is 6.54 Å². The van der Waals surface area contributed by atoms with Gasteiger partial charge >= 0.3 is 5.97 Å². The summed E-state index contributed by atoms with van der Waals surface area (Å²) in [6, 6.07) is 13.0. The molecule has 1 aliphatic rings. The van der Waals surface area contributed by atoms with Crippen molar-refractivity contribution in [3.8, 4) is 23.0 Å². The first-order valence-corrected chi connectivity index (χ1v) is 12.1. The molecule has 1 aromatic heterocycles. The number of aldehydes is 1. The fraction of sp³-hybridized carbons (Fsp3) is 0.154. The van der Waals surface area contributed by atoms with E-state index in [9.17, 15) is 14.4 Å². The zero-order valence-electron chi connectivity index (χ0n) is 19.8. The van der Waals surface area contributed by atoms with E-state index in [1.165, 1.54) is 49.1 Å². The van der Waals surface area contributed by atoms with Gasteiger partial charge in [0, 0.05) is 5.56 Å². The van der Waals surface area contributed by atoms with E-state index in [1.807, 2.05) is 0 Å². The fourth-order valence-electron chi connectivity index (χ4n) is 3.37. The van der Waals surface area contributed by atoms with E-state index in [-0.39, 0.29) is 24.0 Å². The number of hydrogen-bond acceptors (Lipinski definition) is 10. The number of ether oxygens (including phenoxy) is 4. The first kappa shape index (κ1) is 26.0. The highest BCUT2D eigenvalue weighted by molar-refractivity contribution is 8.26. The van der Waals surface area contributed by atoms with Crippen LogP contribution in [-0.4, -0.2) is 48.2 Å². The summed E-state index contributed by atoms with van der Waals surface area (Å²) >= 11 is 6.56. The van der Waals surface area contributed by atoms with E-state index in [0.717, 1.165) is 0 Å². The third kappa shape index (κ3) is 6.19. The molecule has 0 atom stereocenters. The number of thiocarbonyl (C=S) groups is 1. The number of methoxy groups -OCH3 is 2. The minimum Gasteiger partial charge on any atom is -0.493 e. The first-order valence-electron chi connectivity index (χ1n) is 10.8. The number of benzene rings is 2. The van der Waals surface area contributed by atoms with Crippen LogP contribution in [0.1, 0.15) is 21.7 Å². The van der Waals surface area contributed by atoms with Gasteiger partial charge in [-0.1, -0.05) is 30.0 Å². The van der Waals surface area contributed by atoms with Crippen molar-refractivity contribution >= 4 is 52.5 Å². The summed E-state index contributed by atoms with van der Waals surface area (Å²) in [7, 11) is 2.87. The Labute approximate surface area is 221 Å². The number of thioether (sulfide) groups is 1. The minimum atomic E-state index is -0.677. The number of carbonyl (C=O) groups is 3. The van der Waals surface area contributed by atoms with Crippen LogP contribution in [0.5, 0.6) is 23.0 Å². The lowest BCUT2D eigenvalue weighted by Gasteiger charge is -2.13. The Hall–Kier alpha value is -4.09. The molecule has 3 aromatic rings. The molecule has 2 heterocycles. The van der Waals surface area contributed by atoms with E-state index in [4.69, 9.17) is 35.6 Å². The van der Waals surface area contributed by atoms with E-state index in [0.29, 0.717) is 43.9 Å². The number of furan rings is 1. The van der Waals surface area contributed by atoms with E-state index >= 15 is 0 Å². The van der Waals surface area contributed by atoms with Gasteiger partial charge in [-0.3, -0.25) is 14.5 Å². The molecular formula is C26H21NO8S2. The third-order valence-corrected chi connectivity index (χ3v) is 6.52. The molecule has 0 saturated carbocycles. The summed E-state index contributed by atoms with van der Waals surface area (Å²) in [5, 5.41) is 0. The molecule has 0 aliphatic carbocycles. The van der Waals surface area contributed by atoms with Gasteiger partial charge in [0.1, 0.15) is 16.4 Å². The van der Waals surface area contributed by atoms with Gasteiger partial charge in [0.15, 0.2) is 29.6 Å². The van der Waals surface area contributed by atoms with Gasteiger partial charge in [-0.2, -0.15) is 0 Å². The molecule has 0 radical (unpaired) electrons. The zero-order valence-corrected chi connectivity index (χ0v) is 21.4. The van der Waals surface area contributed by atoms with Crippen LogP contribution in [0.3, 0.4) is 0 Å². The molecule has 37 heavy (non-hydrogen) atoms. The maximum absolute atomic E-state index is 12.9. The molecule has 0 bridgehead atoms. The molecule has 190 valence electrons. The number of hydrogen-bond donors (Lipinski definition) is 0. The topological polar surface area (TPSA) is 105 Å². The lowest BCUT2D eigenvalue weighted by molar-refractivity contribution is -0.136. The number of esters is 1. The second kappa shape index (κ2) is 11.8. The molecule has 1 fully saturated rings. The quantitative estimate of drug-likeness (QED) is 0.120. The summed E-state index contributed by atoms with van der Waals surface area (Å²) < 4.78 is 27.2. The molecule has 1 amide bonds. The highest BCUT2D eigenvalue weighted by Gasteiger charge is 2.32. The van der Waals surface area contributed by atoms with Crippen LogP contribution in [0, 0.1) is 0 Å². The highest BCUT2D eigenvalue weighted by Crippen LogP contribution is 2.35. The standard InChI is InChI=1S/C26H21NO8S2/c1-31-21-10-16(12-23-25(30)27(26(36)37-23)13-18-4-3-9-33-18)5-7-19(21)34-15-24(29)35-20-8-6-17(14-28)11-22(20)32-2/h3-12,14H,13,15H2,1-2H3. The van der Waals surface area contributed by atoms with Crippen molar-refractivity contribution in [2.75, 3.05) is 20.8 Å². The second-order valence-corrected chi connectivity index (χ2v) is 9.22. The summed E-state index contributed by atoms with van der Waals surface area (Å²) in [4.78, 5) is 38.0. The smallest absolute Gasteiger partial charge is 0.349 e. The average molecular weight is 540 g/mol. The summed E-state index contributed by atoms with van der Waals surface area (Å²) in [5.41, 5.74) is 1.07. The van der Waals surface area contributed by atoms with Gasteiger partial charge in [0.2, 0.25) is 0 Å². The Morgan fingerprint density at radius 2 is 1.73 bits per heavy atom. The Kier molecular flexibility index (Phi) is 8.26. The monoisotopic (exact) mass is 539 g/mol. The Morgan fingerprint density at radius 3 is 2.43 bits per heavy atom. The maximum Gasteiger partial charge on any atom is 0.349 e. The predicted molar refractivity (Wildman–Crippen MR) is 140 cm³/mol. The van der Waals surface area contributed by atoms with E-state index < -0.39 is 12.6 Å². The van der Waals surface area contributed by atoms with Crippen molar-refractivity contribution in [1.29, 1.82) is 0 Å². The number of carbonyl (C=O) groups excluding carboxylic acids is 3. The fourth-order valence-corrected chi connectivity index (χ4v) is 4.62. The third-order valence-electron chi connectivity index (χ3n) is 5.15. The van der Waals surface area contributed by atoms with Crippen molar-refractivity contribution in [2.24, 2.45) is 0 Å². The van der Waals surface area contributed by atoms with Crippen LogP contribution < -0.4 is 18.9 Å². The van der Waals surface area contributed by atoms with Crippen molar-refractivity contribution in [3.63, 3.8) is 0 Å². The van der Waals surface area contributed by atoms with E-state index in [2.05, 4.69) is 0 Å². The molecule has 0 unspecified atom stereocenters. The van der Waals surface area contributed by atoms with Crippen LogP contribution >= 0.6 is 24.0 Å². The van der Waals surface area contributed by atoms with Crippen molar-refractivity contribution in [1.82, 2.24) is 4.90 Å². The molecule has 4 rings (SSSR count). The Morgan fingerprint density at radius 1 is 1.03 bits per heavy atom. The molecule has 11 heteroatoms. The Balaban J connectivity index is 1.41. The van der Waals surface area contributed by atoms with E-state index in [1.54, 1.807) is 42.7 Å². The highest BCUT2D eigenvalue weighted by atomic mass is 32.2. The lowest BCUT2D eigenvalue weighted by Crippen LogP contribution is -2.27. The van der Waals surface area contributed by atoms with Crippen LogP contribution in [0.25, 0.3) is 6.08 Å². The molecule has 0 spiro atoms. The Bertz CT molecular complexity index is 1370. The normalized spacial score (nSPS) is 14.1. The zero-order chi connectivity index (χ0) is 26.4. The maximum atomic E-state index is 12.9. The van der Waals surface area contributed by atoms with Crippen LogP contribution in [0.2, 0.25) is 0 Å². The van der Waals surface area contributed by atoms with Gasteiger partial charge in [-0.25, -0.2) is 4.79 Å². The van der Waals surface area contributed by atoms with Crippen LogP contribution in [0.15, 0.2) is 64.1 Å². The van der Waals surface area contributed by atoms with Gasteiger partial charge < -0.3 is 23.4 Å². The van der Waals surface area contributed by atoms with Gasteiger partial charge in [-0.15, -0.1) is 0 Å². The largest absolute Gasteiger partial charge is 0.493 e. The van der Waals surface area contributed by atoms with Gasteiger partial charge in [0.05, 0.1) is 31.9 Å². The van der Waals surface area contributed by atoms with Crippen LogP contribution in [0.4, 0.5) is 0 Å². The van der Waals surface area contributed by atoms with Gasteiger partial charge in [0.25, 0.3) is 5.91 Å². The average Bonchev–Trinajstić information content (AvgIpc) is 3.52. The molecule has 2 aromatic carbocycles. The number of nitrogens with zero attached hydrogens (tertiary/aromatic N) is 1. The second-order valence-electron chi connectivity index (χ2n) is 7.55. The van der Waals surface area contributed by atoms with Crippen LogP contribution in [-0.2, 0) is 16.1 Å². The predicted octanol–water partition coefficient (Wildman–Crippen LogP) is 4.50. The molecular weight excluding hydrogens is 518 g/mol. The molecule has 0 N–H and O–H groups in total. The summed E-state index contributed by atoms with van der Waals surface area (Å²) in [6.45, 7) is -0.145. The summed E-state index contributed by atoms with van der Waals surface area (Å²) in [6.07, 6.45) is 3.91. The van der Waals surface area contributed by atoms with Crippen molar-refractivity contribution in [3.05, 3.63) is 76.6 Å². The van der Waals surface area contributed by atoms with Crippen molar-refractivity contribution < 1.29 is 37.7 Å². The minimum absolute atomic E-state index is 0.161. The SMILES string of the molecule is COc1cc(C=C2SC(=S)N(Cc3ccco3)C2=O)ccc1OCC(=O)Oc1ccc(C=O)cc1OC. The molecule has 1 aliphatic heterocycles. The molecule has 9 nitrogen and oxygen atoms in total.